The zero-order chi connectivity index (χ0) is 10.8. The van der Waals surface area contributed by atoms with Gasteiger partial charge in [-0.25, -0.2) is 0 Å². The summed E-state index contributed by atoms with van der Waals surface area (Å²) in [6, 6.07) is 0.647. The van der Waals surface area contributed by atoms with Crippen LogP contribution in [0.1, 0.15) is 32.1 Å². The second-order valence-corrected chi connectivity index (χ2v) is 4.17. The summed E-state index contributed by atoms with van der Waals surface area (Å²) in [4.78, 5) is 2.24. The monoisotopic (exact) mass is 198 g/mol. The largest absolute Gasteiger partial charge is 0.316 e. The van der Waals surface area contributed by atoms with Gasteiger partial charge in [-0.15, -0.1) is 6.58 Å². The first-order chi connectivity index (χ1) is 6.70. The average molecular weight is 198 g/mol. The van der Waals surface area contributed by atoms with Crippen molar-refractivity contribution in [1.29, 1.82) is 0 Å². The molecule has 0 heterocycles. The molecule has 0 fully saturated rings. The lowest BCUT2D eigenvalue weighted by molar-refractivity contribution is 0.331. The summed E-state index contributed by atoms with van der Waals surface area (Å²) in [6.07, 6.45) is 8.41. The summed E-state index contributed by atoms with van der Waals surface area (Å²) in [5, 5.41) is 3.36. The normalized spacial score (nSPS) is 13.1. The van der Waals surface area contributed by atoms with E-state index in [1.807, 2.05) is 6.08 Å². The minimum absolute atomic E-state index is 0.647. The molecule has 0 spiro atoms. The van der Waals surface area contributed by atoms with Gasteiger partial charge in [0.1, 0.15) is 0 Å². The van der Waals surface area contributed by atoms with E-state index in [0.29, 0.717) is 6.04 Å². The van der Waals surface area contributed by atoms with Gasteiger partial charge in [0.05, 0.1) is 0 Å². The Morgan fingerprint density at radius 2 is 2.00 bits per heavy atom. The van der Waals surface area contributed by atoms with E-state index in [4.69, 9.17) is 0 Å². The van der Waals surface area contributed by atoms with Gasteiger partial charge in [0.15, 0.2) is 0 Å². The molecule has 2 heteroatoms. The number of unbranched alkanes of at least 4 members (excludes halogenated alkanes) is 3. The Kier molecular flexibility index (Phi) is 9.00. The van der Waals surface area contributed by atoms with Gasteiger partial charge in [-0.05, 0) is 40.4 Å². The first kappa shape index (κ1) is 13.7. The van der Waals surface area contributed by atoms with Crippen molar-refractivity contribution in [3.63, 3.8) is 0 Å². The van der Waals surface area contributed by atoms with E-state index in [-0.39, 0.29) is 0 Å². The Bertz CT molecular complexity index is 132. The van der Waals surface area contributed by atoms with Gasteiger partial charge >= 0.3 is 0 Å². The molecular weight excluding hydrogens is 172 g/mol. The number of allylic oxidation sites excluding steroid dienone is 1. The molecule has 0 saturated heterocycles. The quantitative estimate of drug-likeness (QED) is 0.452. The van der Waals surface area contributed by atoms with Crippen LogP contribution in [0.15, 0.2) is 12.7 Å². The lowest BCUT2D eigenvalue weighted by Crippen LogP contribution is -2.35. The predicted octanol–water partition coefficient (Wildman–Crippen LogP) is 2.27. The SMILES string of the molecule is C=CCCCCCC(CN(C)C)NC. The van der Waals surface area contributed by atoms with Crippen LogP contribution in [-0.2, 0) is 0 Å². The molecule has 84 valence electrons. The molecule has 0 aliphatic heterocycles. The van der Waals surface area contributed by atoms with Gasteiger partial charge in [0.25, 0.3) is 0 Å². The van der Waals surface area contributed by atoms with Gasteiger partial charge in [-0.2, -0.15) is 0 Å². The molecule has 0 aromatic carbocycles. The molecule has 0 amide bonds. The van der Waals surface area contributed by atoms with Crippen LogP contribution in [0.3, 0.4) is 0 Å². The van der Waals surface area contributed by atoms with Crippen LogP contribution in [0, 0.1) is 0 Å². The third-order valence-corrected chi connectivity index (χ3v) is 2.45. The number of hydrogen-bond donors (Lipinski definition) is 1. The third kappa shape index (κ3) is 8.27. The molecular formula is C12H26N2. The van der Waals surface area contributed by atoms with Gasteiger partial charge in [-0.1, -0.05) is 18.9 Å². The highest BCUT2D eigenvalue weighted by Gasteiger charge is 2.05. The van der Waals surface area contributed by atoms with Crippen LogP contribution in [-0.4, -0.2) is 38.6 Å². The summed E-state index contributed by atoms with van der Waals surface area (Å²) in [7, 11) is 6.31. The maximum Gasteiger partial charge on any atom is 0.0191 e. The van der Waals surface area contributed by atoms with Crippen molar-refractivity contribution >= 4 is 0 Å². The molecule has 14 heavy (non-hydrogen) atoms. The smallest absolute Gasteiger partial charge is 0.0191 e. The van der Waals surface area contributed by atoms with E-state index >= 15 is 0 Å². The third-order valence-electron chi connectivity index (χ3n) is 2.45. The minimum Gasteiger partial charge on any atom is -0.316 e. The Labute approximate surface area is 89.4 Å². The lowest BCUT2D eigenvalue weighted by atomic mass is 10.1. The van der Waals surface area contributed by atoms with Crippen molar-refractivity contribution in [1.82, 2.24) is 10.2 Å². The number of likely N-dealkylation sites (N-methyl/N-ethyl adjacent to an activating group) is 2. The standard InChI is InChI=1S/C12H26N2/c1-5-6-7-8-9-10-12(13-2)11-14(3)4/h5,12-13H,1,6-11H2,2-4H3. The molecule has 0 aromatic heterocycles. The van der Waals surface area contributed by atoms with Crippen molar-refractivity contribution in [3.05, 3.63) is 12.7 Å². The maximum atomic E-state index is 3.73. The summed E-state index contributed by atoms with van der Waals surface area (Å²) >= 11 is 0. The first-order valence-corrected chi connectivity index (χ1v) is 5.63. The number of nitrogens with one attached hydrogen (secondary N) is 1. The van der Waals surface area contributed by atoms with E-state index in [0.717, 1.165) is 13.0 Å². The Balaban J connectivity index is 3.37. The van der Waals surface area contributed by atoms with E-state index < -0.39 is 0 Å². The zero-order valence-corrected chi connectivity index (χ0v) is 10.1. The fourth-order valence-corrected chi connectivity index (χ4v) is 1.62. The number of nitrogens with zero attached hydrogens (tertiary/aromatic N) is 1. The van der Waals surface area contributed by atoms with E-state index in [1.165, 1.54) is 25.7 Å². The second-order valence-electron chi connectivity index (χ2n) is 4.17. The van der Waals surface area contributed by atoms with Crippen molar-refractivity contribution in [2.24, 2.45) is 0 Å². The van der Waals surface area contributed by atoms with Crippen LogP contribution in [0.5, 0.6) is 0 Å². The van der Waals surface area contributed by atoms with Crippen molar-refractivity contribution in [2.75, 3.05) is 27.7 Å². The summed E-state index contributed by atoms with van der Waals surface area (Å²) in [5.41, 5.74) is 0. The summed E-state index contributed by atoms with van der Waals surface area (Å²) < 4.78 is 0. The Morgan fingerprint density at radius 3 is 2.50 bits per heavy atom. The highest BCUT2D eigenvalue weighted by molar-refractivity contribution is 4.69. The topological polar surface area (TPSA) is 15.3 Å². The van der Waals surface area contributed by atoms with E-state index in [9.17, 15) is 0 Å². The number of rotatable bonds is 9. The van der Waals surface area contributed by atoms with Crippen LogP contribution >= 0.6 is 0 Å². The van der Waals surface area contributed by atoms with Gasteiger partial charge in [-0.3, -0.25) is 0 Å². The van der Waals surface area contributed by atoms with Crippen molar-refractivity contribution in [2.45, 2.75) is 38.1 Å². The van der Waals surface area contributed by atoms with Crippen molar-refractivity contribution in [3.8, 4) is 0 Å². The van der Waals surface area contributed by atoms with E-state index in [1.54, 1.807) is 0 Å². The zero-order valence-electron chi connectivity index (χ0n) is 10.1. The van der Waals surface area contributed by atoms with Crippen LogP contribution in [0.4, 0.5) is 0 Å². The average Bonchev–Trinajstić information content (AvgIpc) is 2.15. The van der Waals surface area contributed by atoms with Crippen LogP contribution < -0.4 is 5.32 Å². The van der Waals surface area contributed by atoms with Gasteiger partial charge in [0.2, 0.25) is 0 Å². The molecule has 0 aliphatic carbocycles. The lowest BCUT2D eigenvalue weighted by Gasteiger charge is -2.20. The summed E-state index contributed by atoms with van der Waals surface area (Å²) in [5.74, 6) is 0. The molecule has 2 nitrogen and oxygen atoms in total. The van der Waals surface area contributed by atoms with Gasteiger partial charge < -0.3 is 10.2 Å². The summed E-state index contributed by atoms with van der Waals surface area (Å²) in [6.45, 7) is 4.87. The minimum atomic E-state index is 0.647. The highest BCUT2D eigenvalue weighted by atomic mass is 15.1. The molecule has 1 atom stereocenters. The Morgan fingerprint density at radius 1 is 1.29 bits per heavy atom. The van der Waals surface area contributed by atoms with Gasteiger partial charge in [0, 0.05) is 12.6 Å². The fourth-order valence-electron chi connectivity index (χ4n) is 1.62. The number of hydrogen-bond acceptors (Lipinski definition) is 2. The molecule has 0 aliphatic rings. The molecule has 1 unspecified atom stereocenters. The van der Waals surface area contributed by atoms with E-state index in [2.05, 4.69) is 37.9 Å². The van der Waals surface area contributed by atoms with Crippen LogP contribution in [0.2, 0.25) is 0 Å². The van der Waals surface area contributed by atoms with Crippen LogP contribution in [0.25, 0.3) is 0 Å². The molecule has 0 saturated carbocycles. The second kappa shape index (κ2) is 9.22. The maximum absolute atomic E-state index is 3.73. The fraction of sp³-hybridized carbons (Fsp3) is 0.833. The highest BCUT2D eigenvalue weighted by Crippen LogP contribution is 2.06. The molecule has 1 N–H and O–H groups in total. The molecule has 0 rings (SSSR count). The Hall–Kier alpha value is -0.340. The first-order valence-electron chi connectivity index (χ1n) is 5.63. The molecule has 0 aromatic rings. The predicted molar refractivity (Wildman–Crippen MR) is 64.7 cm³/mol. The van der Waals surface area contributed by atoms with Crippen molar-refractivity contribution < 1.29 is 0 Å². The molecule has 0 radical (unpaired) electrons. The molecule has 0 bridgehead atoms.